The third-order valence-electron chi connectivity index (χ3n) is 5.96. The highest BCUT2D eigenvalue weighted by Gasteiger charge is 2.46. The van der Waals surface area contributed by atoms with Gasteiger partial charge in [-0.3, -0.25) is 14.6 Å². The molecule has 31 heavy (non-hydrogen) atoms. The zero-order valence-corrected chi connectivity index (χ0v) is 18.8. The fourth-order valence-electron chi connectivity index (χ4n) is 4.14. The predicted molar refractivity (Wildman–Crippen MR) is 122 cm³/mol. The van der Waals surface area contributed by atoms with Crippen LogP contribution < -0.4 is 0 Å². The van der Waals surface area contributed by atoms with E-state index in [2.05, 4.69) is 23.7 Å². The number of rotatable bonds is 8. The fraction of sp³-hybridized carbons (Fsp3) is 0.400. The van der Waals surface area contributed by atoms with Crippen LogP contribution in [0.25, 0.3) is 5.76 Å². The first kappa shape index (κ1) is 22.7. The van der Waals surface area contributed by atoms with Gasteiger partial charge in [-0.2, -0.15) is 0 Å². The Kier molecular flexibility index (Phi) is 7.23. The number of amides is 1. The Morgan fingerprint density at radius 2 is 1.90 bits per heavy atom. The van der Waals surface area contributed by atoms with E-state index in [4.69, 9.17) is 0 Å². The molecule has 0 saturated carbocycles. The third kappa shape index (κ3) is 4.69. The predicted octanol–water partition coefficient (Wildman–Crippen LogP) is 3.85. The number of carbonyl (C=O) groups is 2. The van der Waals surface area contributed by atoms with E-state index in [1.165, 1.54) is 0 Å². The van der Waals surface area contributed by atoms with Gasteiger partial charge in [-0.15, -0.1) is 0 Å². The van der Waals surface area contributed by atoms with Crippen LogP contribution in [-0.4, -0.2) is 57.8 Å². The Morgan fingerprint density at radius 1 is 1.16 bits per heavy atom. The van der Waals surface area contributed by atoms with E-state index < -0.39 is 17.7 Å². The number of likely N-dealkylation sites (tertiary alicyclic amines) is 1. The van der Waals surface area contributed by atoms with Gasteiger partial charge in [0.1, 0.15) is 5.76 Å². The minimum atomic E-state index is -0.648. The van der Waals surface area contributed by atoms with E-state index in [-0.39, 0.29) is 11.3 Å². The maximum atomic E-state index is 13.1. The molecule has 0 spiro atoms. The Hall–Kier alpha value is -2.99. The van der Waals surface area contributed by atoms with Crippen LogP contribution in [0.2, 0.25) is 0 Å². The van der Waals surface area contributed by atoms with Gasteiger partial charge in [0.15, 0.2) is 0 Å². The molecule has 1 amide bonds. The van der Waals surface area contributed by atoms with Gasteiger partial charge in [-0.05, 0) is 63.2 Å². The average Bonchev–Trinajstić information content (AvgIpc) is 3.03. The van der Waals surface area contributed by atoms with Crippen molar-refractivity contribution in [3.63, 3.8) is 0 Å². The van der Waals surface area contributed by atoms with Gasteiger partial charge in [0.2, 0.25) is 0 Å². The maximum absolute atomic E-state index is 13.1. The molecule has 164 valence electrons. The summed E-state index contributed by atoms with van der Waals surface area (Å²) in [6.45, 7) is 11.2. The Labute approximate surface area is 184 Å². The number of hydrogen-bond donors (Lipinski definition) is 1. The zero-order valence-electron chi connectivity index (χ0n) is 18.8. The summed E-state index contributed by atoms with van der Waals surface area (Å²) < 4.78 is 0. The molecule has 0 radical (unpaired) electrons. The number of ketones is 1. The number of aliphatic hydroxyl groups excluding tert-OH is 1. The molecule has 1 saturated heterocycles. The lowest BCUT2D eigenvalue weighted by Gasteiger charge is -2.26. The molecule has 0 unspecified atom stereocenters. The molecular weight excluding hydrogens is 390 g/mol. The molecule has 1 fully saturated rings. The van der Waals surface area contributed by atoms with Crippen molar-refractivity contribution in [1.29, 1.82) is 0 Å². The van der Waals surface area contributed by atoms with Crippen molar-refractivity contribution in [1.82, 2.24) is 14.8 Å². The molecule has 2 heterocycles. The third-order valence-corrected chi connectivity index (χ3v) is 5.96. The fourth-order valence-corrected chi connectivity index (χ4v) is 4.14. The Bertz CT molecular complexity index is 981. The first-order valence-electron chi connectivity index (χ1n) is 10.9. The first-order valence-corrected chi connectivity index (χ1v) is 10.9. The molecule has 3 rings (SSSR count). The van der Waals surface area contributed by atoms with Gasteiger partial charge in [0.05, 0.1) is 11.6 Å². The molecule has 6 nitrogen and oxygen atoms in total. The van der Waals surface area contributed by atoms with Gasteiger partial charge in [0, 0.05) is 24.5 Å². The van der Waals surface area contributed by atoms with Crippen molar-refractivity contribution in [2.24, 2.45) is 0 Å². The van der Waals surface area contributed by atoms with Crippen molar-refractivity contribution in [2.45, 2.75) is 40.2 Å². The lowest BCUT2D eigenvalue weighted by Crippen LogP contribution is -2.33. The SMILES string of the molecule is CCN(CC)CCCN1C(=O)C(=O)/C(=C(/O)c2cc(C)ccc2C)[C@@H]1c1cccnc1. The number of aryl methyl sites for hydroxylation is 2. The molecule has 1 N–H and O–H groups in total. The van der Waals surface area contributed by atoms with Gasteiger partial charge in [0.25, 0.3) is 11.7 Å². The average molecular weight is 422 g/mol. The molecule has 2 aromatic rings. The first-order chi connectivity index (χ1) is 14.9. The van der Waals surface area contributed by atoms with Crippen LogP contribution in [0.3, 0.4) is 0 Å². The molecule has 1 aromatic heterocycles. The van der Waals surface area contributed by atoms with Crippen LogP contribution in [0, 0.1) is 13.8 Å². The molecule has 1 aromatic carbocycles. The number of carbonyl (C=O) groups excluding carboxylic acids is 2. The summed E-state index contributed by atoms with van der Waals surface area (Å²) in [5.41, 5.74) is 3.25. The van der Waals surface area contributed by atoms with Crippen LogP contribution in [0.1, 0.15) is 48.6 Å². The largest absolute Gasteiger partial charge is 0.507 e. The summed E-state index contributed by atoms with van der Waals surface area (Å²) in [5.74, 6) is -1.34. The standard InChI is InChI=1S/C25H31N3O3/c1-5-27(6-2)13-8-14-28-22(19-9-7-12-26-16-19)21(24(30)25(28)31)23(29)20-15-17(3)10-11-18(20)4/h7,9-12,15-16,22,29H,5-6,8,13-14H2,1-4H3/b23-21+/t22-/m0/s1. The highest BCUT2D eigenvalue weighted by Crippen LogP contribution is 2.39. The maximum Gasteiger partial charge on any atom is 0.295 e. The van der Waals surface area contributed by atoms with Crippen molar-refractivity contribution in [3.8, 4) is 0 Å². The smallest absolute Gasteiger partial charge is 0.295 e. The van der Waals surface area contributed by atoms with Crippen molar-refractivity contribution < 1.29 is 14.7 Å². The van der Waals surface area contributed by atoms with Crippen molar-refractivity contribution >= 4 is 17.4 Å². The normalized spacial score (nSPS) is 18.2. The quantitative estimate of drug-likeness (QED) is 0.398. The second kappa shape index (κ2) is 9.88. The van der Waals surface area contributed by atoms with E-state index in [1.54, 1.807) is 23.4 Å². The molecule has 1 aliphatic rings. The van der Waals surface area contributed by atoms with Gasteiger partial charge in [-0.25, -0.2) is 0 Å². The van der Waals surface area contributed by atoms with Crippen molar-refractivity contribution in [3.05, 3.63) is 70.6 Å². The van der Waals surface area contributed by atoms with Crippen LogP contribution in [0.4, 0.5) is 0 Å². The number of benzene rings is 1. The molecular formula is C25H31N3O3. The van der Waals surface area contributed by atoms with E-state index in [9.17, 15) is 14.7 Å². The number of aromatic nitrogens is 1. The van der Waals surface area contributed by atoms with Gasteiger partial charge >= 0.3 is 0 Å². The number of aliphatic hydroxyl groups is 1. The number of nitrogens with zero attached hydrogens (tertiary/aromatic N) is 3. The van der Waals surface area contributed by atoms with Gasteiger partial charge in [-0.1, -0.05) is 37.6 Å². The zero-order chi connectivity index (χ0) is 22.5. The van der Waals surface area contributed by atoms with Crippen LogP contribution in [0.15, 0.2) is 48.3 Å². The minimum Gasteiger partial charge on any atom is -0.507 e. The number of Topliss-reactive ketones (excluding diaryl/α,β-unsaturated/α-hetero) is 1. The van der Waals surface area contributed by atoms with E-state index >= 15 is 0 Å². The van der Waals surface area contributed by atoms with E-state index in [0.717, 1.165) is 42.7 Å². The molecule has 0 aliphatic carbocycles. The molecule has 6 heteroatoms. The highest BCUT2D eigenvalue weighted by molar-refractivity contribution is 6.46. The second-order valence-corrected chi connectivity index (χ2v) is 7.98. The summed E-state index contributed by atoms with van der Waals surface area (Å²) in [5, 5.41) is 11.2. The van der Waals surface area contributed by atoms with E-state index in [1.807, 2.05) is 38.1 Å². The van der Waals surface area contributed by atoms with Crippen LogP contribution >= 0.6 is 0 Å². The molecule has 0 bridgehead atoms. The highest BCUT2D eigenvalue weighted by atomic mass is 16.3. The van der Waals surface area contributed by atoms with Crippen LogP contribution in [0.5, 0.6) is 0 Å². The number of pyridine rings is 1. The van der Waals surface area contributed by atoms with Crippen molar-refractivity contribution in [2.75, 3.05) is 26.2 Å². The molecule has 1 atom stereocenters. The minimum absolute atomic E-state index is 0.125. The summed E-state index contributed by atoms with van der Waals surface area (Å²) in [6, 6.07) is 8.68. The summed E-state index contributed by atoms with van der Waals surface area (Å²) in [6.07, 6.45) is 4.06. The Balaban J connectivity index is 2.04. The topological polar surface area (TPSA) is 73.7 Å². The monoisotopic (exact) mass is 421 g/mol. The number of hydrogen-bond acceptors (Lipinski definition) is 5. The van der Waals surface area contributed by atoms with Crippen LogP contribution in [-0.2, 0) is 9.59 Å². The summed E-state index contributed by atoms with van der Waals surface area (Å²) >= 11 is 0. The lowest BCUT2D eigenvalue weighted by molar-refractivity contribution is -0.140. The summed E-state index contributed by atoms with van der Waals surface area (Å²) in [7, 11) is 0. The lowest BCUT2D eigenvalue weighted by atomic mass is 9.94. The summed E-state index contributed by atoms with van der Waals surface area (Å²) in [4.78, 5) is 34.1. The Morgan fingerprint density at radius 3 is 2.55 bits per heavy atom. The van der Waals surface area contributed by atoms with E-state index in [0.29, 0.717) is 12.1 Å². The molecule has 1 aliphatic heterocycles. The van der Waals surface area contributed by atoms with Gasteiger partial charge < -0.3 is 14.9 Å². The second-order valence-electron chi connectivity index (χ2n) is 7.98.